The van der Waals surface area contributed by atoms with Crippen LogP contribution in [0.3, 0.4) is 0 Å². The van der Waals surface area contributed by atoms with Crippen LogP contribution in [0.15, 0.2) is 65.8 Å². The third-order valence-corrected chi connectivity index (χ3v) is 5.30. The van der Waals surface area contributed by atoms with Crippen LogP contribution in [0.5, 0.6) is 0 Å². The van der Waals surface area contributed by atoms with Gasteiger partial charge in [-0.3, -0.25) is 4.98 Å². The number of aromatic amines is 1. The maximum absolute atomic E-state index is 12.2. The second-order valence-corrected chi connectivity index (χ2v) is 8.58. The van der Waals surface area contributed by atoms with E-state index in [9.17, 15) is 4.79 Å². The lowest BCUT2D eigenvalue weighted by Crippen LogP contribution is -2.11. The van der Waals surface area contributed by atoms with Gasteiger partial charge in [-0.15, -0.1) is 12.4 Å². The number of hydrogen-bond donors (Lipinski definition) is 2. The Hall–Kier alpha value is -3.12. The lowest BCUT2D eigenvalue weighted by Gasteiger charge is -2.19. The number of anilines is 1. The summed E-state index contributed by atoms with van der Waals surface area (Å²) in [5, 5.41) is 10.2. The second-order valence-electron chi connectivity index (χ2n) is 8.58. The van der Waals surface area contributed by atoms with Crippen molar-refractivity contribution in [3.8, 4) is 11.1 Å². The molecule has 0 atom stereocenters. The molecule has 31 heavy (non-hydrogen) atoms. The summed E-state index contributed by atoms with van der Waals surface area (Å²) in [7, 11) is 0. The van der Waals surface area contributed by atoms with Gasteiger partial charge in [0.1, 0.15) is 0 Å². The van der Waals surface area contributed by atoms with Crippen molar-refractivity contribution in [2.24, 2.45) is 0 Å². The van der Waals surface area contributed by atoms with E-state index in [0.29, 0.717) is 5.65 Å². The van der Waals surface area contributed by atoms with Gasteiger partial charge in [-0.1, -0.05) is 45.0 Å². The normalized spacial score (nSPS) is 11.3. The van der Waals surface area contributed by atoms with Crippen molar-refractivity contribution in [1.29, 1.82) is 0 Å². The molecule has 0 bridgehead atoms. The fourth-order valence-electron chi connectivity index (χ4n) is 3.53. The largest absolute Gasteiger partial charge is 0.382 e. The van der Waals surface area contributed by atoms with Gasteiger partial charge in [0.25, 0.3) is 0 Å². The predicted molar refractivity (Wildman–Crippen MR) is 128 cm³/mol. The molecule has 0 fully saturated rings. The van der Waals surface area contributed by atoms with Gasteiger partial charge in [0.05, 0.1) is 5.69 Å². The fourth-order valence-corrected chi connectivity index (χ4v) is 3.53. The zero-order valence-electron chi connectivity index (χ0n) is 18.1. The van der Waals surface area contributed by atoms with E-state index >= 15 is 0 Å². The number of hydrogen-bond acceptors (Lipinski definition) is 4. The molecule has 0 unspecified atom stereocenters. The smallest absolute Gasteiger partial charge is 0.347 e. The van der Waals surface area contributed by atoms with Gasteiger partial charge in [-0.25, -0.2) is 14.3 Å². The molecule has 0 spiro atoms. The molecule has 4 aromatic rings. The molecule has 2 N–H and O–H groups in total. The van der Waals surface area contributed by atoms with E-state index in [4.69, 9.17) is 0 Å². The van der Waals surface area contributed by atoms with Crippen molar-refractivity contribution >= 4 is 23.7 Å². The summed E-state index contributed by atoms with van der Waals surface area (Å²) in [6.45, 7) is 7.39. The van der Waals surface area contributed by atoms with E-state index in [1.807, 2.05) is 30.7 Å². The van der Waals surface area contributed by atoms with E-state index in [-0.39, 0.29) is 23.5 Å². The molecule has 3 aromatic heterocycles. The summed E-state index contributed by atoms with van der Waals surface area (Å²) in [6, 6.07) is 14.7. The summed E-state index contributed by atoms with van der Waals surface area (Å²) in [6.07, 6.45) is 7.41. The van der Waals surface area contributed by atoms with Crippen molar-refractivity contribution in [3.05, 3.63) is 82.7 Å². The molecule has 0 saturated carbocycles. The van der Waals surface area contributed by atoms with E-state index in [0.717, 1.165) is 36.2 Å². The maximum atomic E-state index is 12.2. The molecule has 0 radical (unpaired) electrons. The quantitative estimate of drug-likeness (QED) is 0.423. The van der Waals surface area contributed by atoms with Crippen LogP contribution in [-0.4, -0.2) is 26.1 Å². The molecule has 1 aromatic carbocycles. The molecular weight excluding hydrogens is 410 g/mol. The average Bonchev–Trinajstić information content (AvgIpc) is 3.12. The van der Waals surface area contributed by atoms with Crippen molar-refractivity contribution in [2.75, 3.05) is 11.9 Å². The molecule has 0 saturated heterocycles. The standard InChI is InChI=1S/C24H27N5O.ClH/c1-24(2,3)20-8-6-18(7-9-20)19-15-21(22-27-28-23(30)29(22)16-19)26-12-4-5-17-10-13-25-14-11-17;/h6-11,13-16,26H,4-5,12H2,1-3H3,(H,28,30);1H. The molecule has 3 heterocycles. The van der Waals surface area contributed by atoms with Crippen LogP contribution in [0.1, 0.15) is 38.3 Å². The first kappa shape index (κ1) is 22.6. The van der Waals surface area contributed by atoms with E-state index < -0.39 is 0 Å². The first-order valence-electron chi connectivity index (χ1n) is 10.3. The number of pyridine rings is 2. The number of nitrogens with zero attached hydrogens (tertiary/aromatic N) is 3. The van der Waals surface area contributed by atoms with E-state index in [2.05, 4.69) is 71.6 Å². The highest BCUT2D eigenvalue weighted by molar-refractivity contribution is 5.85. The van der Waals surface area contributed by atoms with E-state index in [1.54, 1.807) is 4.40 Å². The Balaban J connectivity index is 0.00000272. The lowest BCUT2D eigenvalue weighted by atomic mass is 9.86. The van der Waals surface area contributed by atoms with Gasteiger partial charge in [0.2, 0.25) is 0 Å². The Labute approximate surface area is 188 Å². The maximum Gasteiger partial charge on any atom is 0.347 e. The summed E-state index contributed by atoms with van der Waals surface area (Å²) in [5.74, 6) is 0. The second kappa shape index (κ2) is 9.35. The predicted octanol–water partition coefficient (Wildman–Crippen LogP) is 4.85. The Kier molecular flexibility index (Phi) is 6.81. The van der Waals surface area contributed by atoms with Gasteiger partial charge in [0, 0.05) is 30.7 Å². The molecule has 0 amide bonds. The zero-order valence-corrected chi connectivity index (χ0v) is 18.9. The summed E-state index contributed by atoms with van der Waals surface area (Å²) < 4.78 is 1.57. The third kappa shape index (κ3) is 5.14. The monoisotopic (exact) mass is 437 g/mol. The number of nitrogens with one attached hydrogen (secondary N) is 2. The summed E-state index contributed by atoms with van der Waals surface area (Å²) in [5.41, 5.74) is 5.91. The average molecular weight is 438 g/mol. The zero-order chi connectivity index (χ0) is 21.1. The van der Waals surface area contributed by atoms with Crippen LogP contribution in [0.2, 0.25) is 0 Å². The number of rotatable bonds is 6. The number of fused-ring (bicyclic) bond motifs is 1. The third-order valence-electron chi connectivity index (χ3n) is 5.30. The Morgan fingerprint density at radius 1 is 1.03 bits per heavy atom. The number of aryl methyl sites for hydroxylation is 1. The first-order valence-corrected chi connectivity index (χ1v) is 10.3. The summed E-state index contributed by atoms with van der Waals surface area (Å²) >= 11 is 0. The Bertz CT molecular complexity index is 1190. The Morgan fingerprint density at radius 3 is 2.42 bits per heavy atom. The molecule has 4 rings (SSSR count). The summed E-state index contributed by atoms with van der Waals surface area (Å²) in [4.78, 5) is 16.3. The highest BCUT2D eigenvalue weighted by Crippen LogP contribution is 2.28. The fraction of sp³-hybridized carbons (Fsp3) is 0.292. The van der Waals surface area contributed by atoms with Crippen LogP contribution in [0.25, 0.3) is 16.8 Å². The van der Waals surface area contributed by atoms with Crippen molar-refractivity contribution in [3.63, 3.8) is 0 Å². The van der Waals surface area contributed by atoms with Crippen molar-refractivity contribution in [1.82, 2.24) is 19.6 Å². The van der Waals surface area contributed by atoms with Crippen molar-refractivity contribution in [2.45, 2.75) is 39.0 Å². The molecular formula is C24H28ClN5O. The van der Waals surface area contributed by atoms with Crippen LogP contribution in [0.4, 0.5) is 5.69 Å². The lowest BCUT2D eigenvalue weighted by molar-refractivity contribution is 0.590. The molecule has 0 aliphatic heterocycles. The van der Waals surface area contributed by atoms with Gasteiger partial charge in [-0.2, -0.15) is 5.10 Å². The highest BCUT2D eigenvalue weighted by Gasteiger charge is 2.14. The van der Waals surface area contributed by atoms with Crippen LogP contribution >= 0.6 is 12.4 Å². The van der Waals surface area contributed by atoms with Crippen LogP contribution in [0, 0.1) is 0 Å². The highest BCUT2D eigenvalue weighted by atomic mass is 35.5. The number of benzene rings is 1. The Morgan fingerprint density at radius 2 is 1.74 bits per heavy atom. The number of aromatic nitrogens is 4. The SMILES string of the molecule is CC(C)(C)c1ccc(-c2cc(NCCCc3ccncc3)c3n[nH]c(=O)n3c2)cc1.Cl. The number of halogens is 1. The molecule has 7 heteroatoms. The van der Waals surface area contributed by atoms with Gasteiger partial charge < -0.3 is 5.32 Å². The molecule has 0 aliphatic rings. The minimum atomic E-state index is -0.238. The minimum Gasteiger partial charge on any atom is -0.382 e. The van der Waals surface area contributed by atoms with Gasteiger partial charge in [-0.05, 0) is 53.1 Å². The van der Waals surface area contributed by atoms with Crippen LogP contribution < -0.4 is 11.0 Å². The van der Waals surface area contributed by atoms with Crippen molar-refractivity contribution < 1.29 is 0 Å². The number of H-pyrrole nitrogens is 1. The van der Waals surface area contributed by atoms with E-state index in [1.165, 1.54) is 11.1 Å². The van der Waals surface area contributed by atoms with Gasteiger partial charge in [0.15, 0.2) is 5.65 Å². The van der Waals surface area contributed by atoms with Gasteiger partial charge >= 0.3 is 5.69 Å². The molecule has 0 aliphatic carbocycles. The first-order chi connectivity index (χ1) is 14.4. The topological polar surface area (TPSA) is 75.1 Å². The minimum absolute atomic E-state index is 0. The molecule has 6 nitrogen and oxygen atoms in total. The molecule has 162 valence electrons. The van der Waals surface area contributed by atoms with Crippen LogP contribution in [-0.2, 0) is 11.8 Å².